The molecule has 0 spiro atoms. The van der Waals surface area contributed by atoms with Gasteiger partial charge in [0.15, 0.2) is 0 Å². The number of likely N-dealkylation sites (N-methyl/N-ethyl adjacent to an activating group) is 1. The Balaban J connectivity index is 1.56. The second-order valence-corrected chi connectivity index (χ2v) is 7.77. The van der Waals surface area contributed by atoms with Crippen molar-refractivity contribution in [1.82, 2.24) is 19.8 Å². The quantitative estimate of drug-likeness (QED) is 0.887. The summed E-state index contributed by atoms with van der Waals surface area (Å²) >= 11 is 0. The van der Waals surface area contributed by atoms with E-state index in [1.54, 1.807) is 18.3 Å². The highest BCUT2D eigenvalue weighted by Gasteiger charge is 2.37. The van der Waals surface area contributed by atoms with Crippen molar-refractivity contribution in [2.24, 2.45) is 0 Å². The van der Waals surface area contributed by atoms with Gasteiger partial charge >= 0.3 is 0 Å². The number of halogens is 2. The van der Waals surface area contributed by atoms with Gasteiger partial charge in [0.2, 0.25) is 0 Å². The molecule has 2 aromatic heterocycles. The van der Waals surface area contributed by atoms with E-state index in [0.29, 0.717) is 41.9 Å². The number of rotatable bonds is 4. The number of fused-ring (bicyclic) bond motifs is 3. The van der Waals surface area contributed by atoms with Gasteiger partial charge in [0.1, 0.15) is 5.65 Å². The SMILES string of the molecule is CN1[C@@H]2COC[C@H]1C[C@@H](NC(=O)c1cn(CC(C)(F)F)c3ncccc13)C2. The molecule has 2 saturated heterocycles. The van der Waals surface area contributed by atoms with E-state index < -0.39 is 12.5 Å². The third-order valence-electron chi connectivity index (χ3n) is 5.55. The number of morpholine rings is 1. The number of carbonyl (C=O) groups is 1. The van der Waals surface area contributed by atoms with Gasteiger partial charge in [0, 0.05) is 42.8 Å². The van der Waals surface area contributed by atoms with E-state index >= 15 is 0 Å². The zero-order valence-corrected chi connectivity index (χ0v) is 15.5. The summed E-state index contributed by atoms with van der Waals surface area (Å²) in [4.78, 5) is 19.4. The number of amides is 1. The molecule has 8 heteroatoms. The predicted molar refractivity (Wildman–Crippen MR) is 97.0 cm³/mol. The average Bonchev–Trinajstić information content (AvgIpc) is 2.93. The van der Waals surface area contributed by atoms with Crippen molar-refractivity contribution >= 4 is 16.9 Å². The highest BCUT2D eigenvalue weighted by atomic mass is 19.3. The Morgan fingerprint density at radius 2 is 2.07 bits per heavy atom. The summed E-state index contributed by atoms with van der Waals surface area (Å²) in [5.41, 5.74) is 0.792. The summed E-state index contributed by atoms with van der Waals surface area (Å²) < 4.78 is 34.0. The third kappa shape index (κ3) is 3.68. The van der Waals surface area contributed by atoms with Crippen LogP contribution in [0.2, 0.25) is 0 Å². The first-order chi connectivity index (χ1) is 12.8. The Kier molecular flexibility index (Phi) is 4.63. The molecule has 0 unspecified atom stereocenters. The van der Waals surface area contributed by atoms with Crippen LogP contribution < -0.4 is 5.32 Å². The molecule has 1 N–H and O–H groups in total. The van der Waals surface area contributed by atoms with E-state index in [9.17, 15) is 13.6 Å². The standard InChI is InChI=1S/C19H24F2N4O2/c1-19(20,21)11-25-8-16(15-4-3-5-22-17(15)25)18(26)23-12-6-13-9-27-10-14(7-12)24(13)2/h3-5,8,12-14H,6-7,9-11H2,1-2H3,(H,23,26)/t12-,13-,14+. The number of carbonyl (C=O) groups excluding carboxylic acids is 1. The molecule has 146 valence electrons. The first kappa shape index (κ1) is 18.3. The largest absolute Gasteiger partial charge is 0.378 e. The van der Waals surface area contributed by atoms with Crippen LogP contribution in [0.3, 0.4) is 0 Å². The maximum Gasteiger partial charge on any atom is 0.262 e. The molecular formula is C19H24F2N4O2. The first-order valence-corrected chi connectivity index (χ1v) is 9.24. The van der Waals surface area contributed by atoms with Gasteiger partial charge in [0.05, 0.1) is 25.3 Å². The minimum Gasteiger partial charge on any atom is -0.378 e. The van der Waals surface area contributed by atoms with Crippen molar-refractivity contribution in [3.8, 4) is 0 Å². The predicted octanol–water partition coefficient (Wildman–Crippen LogP) is 2.28. The normalized spacial score (nSPS) is 26.3. The van der Waals surface area contributed by atoms with Crippen molar-refractivity contribution in [2.75, 3.05) is 20.3 Å². The third-order valence-corrected chi connectivity index (χ3v) is 5.55. The van der Waals surface area contributed by atoms with Gasteiger partial charge in [-0.2, -0.15) is 0 Å². The molecule has 0 aromatic carbocycles. The Morgan fingerprint density at radius 3 is 2.74 bits per heavy atom. The van der Waals surface area contributed by atoms with Crippen LogP contribution in [-0.2, 0) is 11.3 Å². The number of piperidine rings is 1. The number of pyridine rings is 1. The fraction of sp³-hybridized carbons (Fsp3) is 0.579. The van der Waals surface area contributed by atoms with Crippen LogP contribution in [-0.4, -0.2) is 64.7 Å². The Hall–Kier alpha value is -2.06. The molecule has 4 heterocycles. The zero-order valence-electron chi connectivity index (χ0n) is 15.5. The van der Waals surface area contributed by atoms with Crippen molar-refractivity contribution in [3.63, 3.8) is 0 Å². The summed E-state index contributed by atoms with van der Waals surface area (Å²) in [5.74, 6) is -3.12. The molecule has 0 radical (unpaired) electrons. The second-order valence-electron chi connectivity index (χ2n) is 7.77. The lowest BCUT2D eigenvalue weighted by Gasteiger charge is -2.46. The topological polar surface area (TPSA) is 59.4 Å². The van der Waals surface area contributed by atoms with E-state index in [4.69, 9.17) is 4.74 Å². The summed E-state index contributed by atoms with van der Waals surface area (Å²) in [5, 5.41) is 3.70. The molecule has 27 heavy (non-hydrogen) atoms. The summed E-state index contributed by atoms with van der Waals surface area (Å²) in [6, 6.07) is 4.10. The van der Waals surface area contributed by atoms with Crippen LogP contribution in [0.5, 0.6) is 0 Å². The van der Waals surface area contributed by atoms with E-state index in [0.717, 1.165) is 19.8 Å². The average molecular weight is 378 g/mol. The number of nitrogens with zero attached hydrogens (tertiary/aromatic N) is 3. The Morgan fingerprint density at radius 1 is 1.37 bits per heavy atom. The van der Waals surface area contributed by atoms with Crippen LogP contribution in [0.25, 0.3) is 11.0 Å². The Bertz CT molecular complexity index is 834. The molecule has 4 rings (SSSR count). The van der Waals surface area contributed by atoms with Crippen LogP contribution >= 0.6 is 0 Å². The first-order valence-electron chi connectivity index (χ1n) is 9.24. The molecule has 2 fully saturated rings. The minimum atomic E-state index is -2.89. The highest BCUT2D eigenvalue weighted by Crippen LogP contribution is 2.27. The van der Waals surface area contributed by atoms with Crippen LogP contribution in [0.4, 0.5) is 8.78 Å². The number of nitrogens with one attached hydrogen (secondary N) is 1. The van der Waals surface area contributed by atoms with E-state index in [1.165, 1.54) is 10.8 Å². The van der Waals surface area contributed by atoms with Gasteiger partial charge in [-0.1, -0.05) is 0 Å². The number of ether oxygens (including phenoxy) is 1. The van der Waals surface area contributed by atoms with E-state index in [2.05, 4.69) is 22.2 Å². The molecule has 2 aliphatic heterocycles. The zero-order chi connectivity index (χ0) is 19.2. The fourth-order valence-electron chi connectivity index (χ4n) is 4.20. The molecule has 2 bridgehead atoms. The van der Waals surface area contributed by atoms with Crippen LogP contribution in [0.15, 0.2) is 24.5 Å². The molecule has 0 saturated carbocycles. The van der Waals surface area contributed by atoms with Gasteiger partial charge in [-0.3, -0.25) is 9.69 Å². The second kappa shape index (κ2) is 6.83. The minimum absolute atomic E-state index is 0.0512. The van der Waals surface area contributed by atoms with Gasteiger partial charge in [-0.25, -0.2) is 13.8 Å². The Labute approximate surface area is 156 Å². The van der Waals surface area contributed by atoms with Crippen molar-refractivity contribution in [3.05, 3.63) is 30.1 Å². The lowest BCUT2D eigenvalue weighted by molar-refractivity contribution is -0.0670. The molecule has 3 atom stereocenters. The van der Waals surface area contributed by atoms with Crippen LogP contribution in [0.1, 0.15) is 30.1 Å². The van der Waals surface area contributed by atoms with E-state index in [-0.39, 0.29) is 11.9 Å². The maximum absolute atomic E-state index is 13.5. The number of hydrogen-bond donors (Lipinski definition) is 1. The summed E-state index contributed by atoms with van der Waals surface area (Å²) in [6.07, 6.45) is 4.68. The maximum atomic E-state index is 13.5. The lowest BCUT2D eigenvalue weighted by Crippen LogP contribution is -2.59. The molecule has 2 aromatic rings. The van der Waals surface area contributed by atoms with Gasteiger partial charge < -0.3 is 14.6 Å². The number of hydrogen-bond acceptors (Lipinski definition) is 4. The number of aromatic nitrogens is 2. The highest BCUT2D eigenvalue weighted by molar-refractivity contribution is 6.06. The lowest BCUT2D eigenvalue weighted by atomic mass is 9.90. The van der Waals surface area contributed by atoms with Crippen molar-refractivity contribution < 1.29 is 18.3 Å². The summed E-state index contributed by atoms with van der Waals surface area (Å²) in [7, 11) is 2.10. The smallest absolute Gasteiger partial charge is 0.262 e. The van der Waals surface area contributed by atoms with E-state index in [1.807, 2.05) is 0 Å². The van der Waals surface area contributed by atoms with Gasteiger partial charge in [-0.15, -0.1) is 0 Å². The molecule has 0 aliphatic carbocycles. The monoisotopic (exact) mass is 378 g/mol. The van der Waals surface area contributed by atoms with Crippen LogP contribution in [0, 0.1) is 0 Å². The number of alkyl halides is 2. The van der Waals surface area contributed by atoms with Gasteiger partial charge in [0.25, 0.3) is 11.8 Å². The molecule has 1 amide bonds. The summed E-state index contributed by atoms with van der Waals surface area (Å²) in [6.45, 7) is 1.70. The van der Waals surface area contributed by atoms with Crippen molar-refractivity contribution in [1.29, 1.82) is 0 Å². The molecule has 2 aliphatic rings. The molecule has 6 nitrogen and oxygen atoms in total. The molecular weight excluding hydrogens is 354 g/mol. The fourth-order valence-corrected chi connectivity index (χ4v) is 4.20. The van der Waals surface area contributed by atoms with Gasteiger partial charge in [-0.05, 0) is 32.0 Å². The van der Waals surface area contributed by atoms with Crippen molar-refractivity contribution in [2.45, 2.75) is 50.4 Å².